The summed E-state index contributed by atoms with van der Waals surface area (Å²) in [6, 6.07) is 10.2. The maximum Gasteiger partial charge on any atom is 0.0805 e. The smallest absolute Gasteiger partial charge is 0.0805 e. The Hall–Kier alpha value is -0.940. The van der Waals surface area contributed by atoms with E-state index in [1.807, 2.05) is 30.3 Å². The number of hydrogen-bond donors (Lipinski definition) is 1. The number of morpholine rings is 1. The van der Waals surface area contributed by atoms with Gasteiger partial charge in [0, 0.05) is 25.7 Å². The maximum atomic E-state index is 10.5. The largest absolute Gasteiger partial charge is 0.388 e. The number of hydrogen-bond acceptors (Lipinski definition) is 4. The second-order valence-corrected chi connectivity index (χ2v) is 6.37. The lowest BCUT2D eigenvalue weighted by Gasteiger charge is -2.39. The molecule has 3 rings (SSSR count). The van der Waals surface area contributed by atoms with Crippen LogP contribution in [0.5, 0.6) is 0 Å². The van der Waals surface area contributed by atoms with E-state index >= 15 is 0 Å². The van der Waals surface area contributed by atoms with E-state index in [1.54, 1.807) is 0 Å². The molecule has 2 heterocycles. The number of aliphatic hydroxyl groups is 1. The van der Waals surface area contributed by atoms with E-state index < -0.39 is 6.10 Å². The Kier molecular flexibility index (Phi) is 5.84. The van der Waals surface area contributed by atoms with E-state index in [9.17, 15) is 5.11 Å². The third kappa shape index (κ3) is 4.29. The van der Waals surface area contributed by atoms with Crippen molar-refractivity contribution in [1.82, 2.24) is 4.90 Å². The van der Waals surface area contributed by atoms with Crippen molar-refractivity contribution >= 4 is 0 Å². The molecule has 2 aliphatic heterocycles. The molecule has 0 aliphatic carbocycles. The molecule has 3 unspecified atom stereocenters. The third-order valence-corrected chi connectivity index (χ3v) is 4.74. The van der Waals surface area contributed by atoms with Gasteiger partial charge in [-0.05, 0) is 31.2 Å². The van der Waals surface area contributed by atoms with Gasteiger partial charge in [0.15, 0.2) is 0 Å². The van der Waals surface area contributed by atoms with Gasteiger partial charge < -0.3 is 14.6 Å². The average Bonchev–Trinajstić information content (AvgIpc) is 2.58. The molecule has 3 atom stereocenters. The SMILES string of the molecule is OC(CC1COCCN1CC1CCCCO1)c1ccccc1. The van der Waals surface area contributed by atoms with E-state index in [-0.39, 0.29) is 6.04 Å². The quantitative estimate of drug-likeness (QED) is 0.907. The molecule has 0 radical (unpaired) electrons. The number of benzene rings is 1. The van der Waals surface area contributed by atoms with Gasteiger partial charge in [-0.1, -0.05) is 30.3 Å². The van der Waals surface area contributed by atoms with Gasteiger partial charge in [-0.25, -0.2) is 0 Å². The van der Waals surface area contributed by atoms with Crippen LogP contribution in [-0.2, 0) is 9.47 Å². The van der Waals surface area contributed by atoms with Gasteiger partial charge in [0.25, 0.3) is 0 Å². The highest BCUT2D eigenvalue weighted by Crippen LogP contribution is 2.24. The molecule has 0 spiro atoms. The molecular weight excluding hydrogens is 278 g/mol. The fourth-order valence-corrected chi connectivity index (χ4v) is 3.43. The lowest BCUT2D eigenvalue weighted by atomic mass is 10.00. The first-order chi connectivity index (χ1) is 10.8. The molecule has 0 aromatic heterocycles. The molecule has 0 amide bonds. The minimum absolute atomic E-state index is 0.273. The maximum absolute atomic E-state index is 10.5. The lowest BCUT2D eigenvalue weighted by molar-refractivity contribution is -0.0643. The van der Waals surface area contributed by atoms with Gasteiger partial charge in [0.1, 0.15) is 0 Å². The van der Waals surface area contributed by atoms with Crippen LogP contribution in [0.4, 0.5) is 0 Å². The van der Waals surface area contributed by atoms with Crippen LogP contribution in [0.3, 0.4) is 0 Å². The summed E-state index contributed by atoms with van der Waals surface area (Å²) in [6.45, 7) is 4.29. The van der Waals surface area contributed by atoms with Crippen LogP contribution in [0.25, 0.3) is 0 Å². The van der Waals surface area contributed by atoms with Crippen LogP contribution in [0.1, 0.15) is 37.4 Å². The monoisotopic (exact) mass is 305 g/mol. The number of nitrogens with zero attached hydrogens (tertiary/aromatic N) is 1. The summed E-state index contributed by atoms with van der Waals surface area (Å²) in [5, 5.41) is 10.5. The summed E-state index contributed by atoms with van der Waals surface area (Å²) in [6.07, 6.45) is 4.26. The van der Waals surface area contributed by atoms with Gasteiger partial charge in [0.05, 0.1) is 25.4 Å². The van der Waals surface area contributed by atoms with Crippen LogP contribution >= 0.6 is 0 Å². The molecule has 1 aromatic rings. The molecular formula is C18H27NO3. The lowest BCUT2D eigenvalue weighted by Crippen LogP contribution is -2.49. The number of aliphatic hydroxyl groups excluding tert-OH is 1. The predicted molar refractivity (Wildman–Crippen MR) is 85.8 cm³/mol. The summed E-state index contributed by atoms with van der Waals surface area (Å²) in [4.78, 5) is 2.45. The molecule has 4 nitrogen and oxygen atoms in total. The Morgan fingerprint density at radius 1 is 1.18 bits per heavy atom. The van der Waals surface area contributed by atoms with E-state index in [1.165, 1.54) is 12.8 Å². The average molecular weight is 305 g/mol. The minimum atomic E-state index is -0.428. The Labute approximate surface area is 133 Å². The zero-order valence-corrected chi connectivity index (χ0v) is 13.2. The highest BCUT2D eigenvalue weighted by molar-refractivity contribution is 5.17. The second-order valence-electron chi connectivity index (χ2n) is 6.37. The standard InChI is InChI=1S/C18H27NO3/c20-18(15-6-2-1-3-7-15)12-16-14-21-11-9-19(16)13-17-8-4-5-10-22-17/h1-3,6-7,16-18,20H,4-5,8-14H2. The predicted octanol–water partition coefficient (Wildman–Crippen LogP) is 2.38. The van der Waals surface area contributed by atoms with E-state index in [2.05, 4.69) is 4.90 Å². The van der Waals surface area contributed by atoms with Crippen LogP contribution in [0.15, 0.2) is 30.3 Å². The summed E-state index contributed by atoms with van der Waals surface area (Å²) in [5.74, 6) is 0. The van der Waals surface area contributed by atoms with Crippen molar-refractivity contribution in [2.24, 2.45) is 0 Å². The highest BCUT2D eigenvalue weighted by atomic mass is 16.5. The van der Waals surface area contributed by atoms with Crippen molar-refractivity contribution in [2.75, 3.05) is 32.9 Å². The molecule has 0 saturated carbocycles. The fourth-order valence-electron chi connectivity index (χ4n) is 3.43. The summed E-state index contributed by atoms with van der Waals surface area (Å²) < 4.78 is 11.5. The Morgan fingerprint density at radius 2 is 2.05 bits per heavy atom. The molecule has 2 saturated heterocycles. The molecule has 2 fully saturated rings. The van der Waals surface area contributed by atoms with Gasteiger partial charge in [-0.2, -0.15) is 0 Å². The molecule has 22 heavy (non-hydrogen) atoms. The van der Waals surface area contributed by atoms with Crippen LogP contribution in [-0.4, -0.2) is 55.1 Å². The third-order valence-electron chi connectivity index (χ3n) is 4.74. The summed E-state index contributed by atoms with van der Waals surface area (Å²) in [7, 11) is 0. The molecule has 0 bridgehead atoms. The number of ether oxygens (including phenoxy) is 2. The Balaban J connectivity index is 1.57. The van der Waals surface area contributed by atoms with Gasteiger partial charge in [-0.15, -0.1) is 0 Å². The van der Waals surface area contributed by atoms with Crippen molar-refractivity contribution in [3.8, 4) is 0 Å². The zero-order valence-electron chi connectivity index (χ0n) is 13.2. The molecule has 4 heteroatoms. The van der Waals surface area contributed by atoms with Crippen molar-refractivity contribution in [2.45, 2.75) is 43.9 Å². The van der Waals surface area contributed by atoms with E-state index in [4.69, 9.17) is 9.47 Å². The summed E-state index contributed by atoms with van der Waals surface area (Å²) >= 11 is 0. The fraction of sp³-hybridized carbons (Fsp3) is 0.667. The first kappa shape index (κ1) is 15.9. The van der Waals surface area contributed by atoms with Crippen LogP contribution < -0.4 is 0 Å². The van der Waals surface area contributed by atoms with Crippen LogP contribution in [0.2, 0.25) is 0 Å². The van der Waals surface area contributed by atoms with Gasteiger partial charge in [-0.3, -0.25) is 4.90 Å². The van der Waals surface area contributed by atoms with Crippen molar-refractivity contribution in [3.05, 3.63) is 35.9 Å². The van der Waals surface area contributed by atoms with Gasteiger partial charge >= 0.3 is 0 Å². The first-order valence-corrected chi connectivity index (χ1v) is 8.49. The zero-order chi connectivity index (χ0) is 15.2. The van der Waals surface area contributed by atoms with Crippen molar-refractivity contribution in [3.63, 3.8) is 0 Å². The normalized spacial score (nSPS) is 28.4. The topological polar surface area (TPSA) is 41.9 Å². The molecule has 2 aliphatic rings. The van der Waals surface area contributed by atoms with Crippen molar-refractivity contribution < 1.29 is 14.6 Å². The van der Waals surface area contributed by atoms with E-state index in [0.717, 1.165) is 44.7 Å². The second kappa shape index (κ2) is 8.06. The Bertz CT molecular complexity index is 433. The van der Waals surface area contributed by atoms with Crippen LogP contribution in [0, 0.1) is 0 Å². The molecule has 1 N–H and O–H groups in total. The highest BCUT2D eigenvalue weighted by Gasteiger charge is 2.28. The minimum Gasteiger partial charge on any atom is -0.388 e. The first-order valence-electron chi connectivity index (χ1n) is 8.49. The van der Waals surface area contributed by atoms with Crippen molar-refractivity contribution in [1.29, 1.82) is 0 Å². The molecule has 122 valence electrons. The number of rotatable bonds is 5. The Morgan fingerprint density at radius 3 is 2.82 bits per heavy atom. The van der Waals surface area contributed by atoms with E-state index in [0.29, 0.717) is 12.7 Å². The summed E-state index contributed by atoms with van der Waals surface area (Å²) in [5.41, 5.74) is 0.988. The molecule has 1 aromatic carbocycles. The van der Waals surface area contributed by atoms with Gasteiger partial charge in [0.2, 0.25) is 0 Å².